The van der Waals surface area contributed by atoms with Gasteiger partial charge in [0.05, 0.1) is 25.3 Å². The number of ketones is 1. The lowest BCUT2D eigenvalue weighted by molar-refractivity contribution is -0.143. The highest BCUT2D eigenvalue weighted by atomic mass is 19.3. The molecule has 2 saturated heterocycles. The first-order valence-electron chi connectivity index (χ1n) is 11.8. The number of hydrogen-bond acceptors (Lipinski definition) is 11. The minimum atomic E-state index is -2.66. The molecule has 0 saturated carbocycles. The number of anilines is 3. The van der Waals surface area contributed by atoms with E-state index in [-0.39, 0.29) is 30.5 Å². The van der Waals surface area contributed by atoms with Crippen molar-refractivity contribution in [1.29, 1.82) is 0 Å². The van der Waals surface area contributed by atoms with Crippen LogP contribution in [-0.2, 0) is 20.9 Å². The van der Waals surface area contributed by atoms with E-state index in [0.717, 1.165) is 0 Å². The number of aromatic nitrogens is 6. The average molecular weight is 517 g/mol. The van der Waals surface area contributed by atoms with Gasteiger partial charge in [-0.2, -0.15) is 0 Å². The second kappa shape index (κ2) is 10.2. The van der Waals surface area contributed by atoms with Gasteiger partial charge in [0, 0.05) is 58.6 Å². The topological polar surface area (TPSA) is 148 Å². The molecule has 0 radical (unpaired) electrons. The fraction of sp³-hybridized carbons (Fsp3) is 0.500. The van der Waals surface area contributed by atoms with E-state index in [1.54, 1.807) is 0 Å². The lowest BCUT2D eigenvalue weighted by atomic mass is 10.3. The molecule has 2 aliphatic heterocycles. The number of fused-ring (bicyclic) bond motifs is 1. The molecule has 2 N–H and O–H groups in total. The average Bonchev–Trinajstić information content (AvgIpc) is 3.26. The molecule has 0 aliphatic carbocycles. The third-order valence-electron chi connectivity index (χ3n) is 6.27. The normalized spacial score (nSPS) is 16.6. The summed E-state index contributed by atoms with van der Waals surface area (Å²) in [7, 11) is 0. The number of imidazole rings is 1. The molecule has 3 aromatic rings. The van der Waals surface area contributed by atoms with Crippen LogP contribution in [0.2, 0.25) is 0 Å². The van der Waals surface area contributed by atoms with Crippen LogP contribution >= 0.6 is 0 Å². The summed E-state index contributed by atoms with van der Waals surface area (Å²) < 4.78 is 34.4. The minimum Gasteiger partial charge on any atom is -0.378 e. The number of morpholine rings is 1. The van der Waals surface area contributed by atoms with Crippen LogP contribution in [0.1, 0.15) is 6.92 Å². The molecule has 0 spiro atoms. The van der Waals surface area contributed by atoms with Crippen molar-refractivity contribution < 1.29 is 23.1 Å². The number of halogens is 2. The predicted octanol–water partition coefficient (Wildman–Crippen LogP) is 0.205. The highest BCUT2D eigenvalue weighted by Gasteiger charge is 2.30. The van der Waals surface area contributed by atoms with E-state index < -0.39 is 24.7 Å². The van der Waals surface area contributed by atoms with E-state index in [1.807, 2.05) is 9.80 Å². The molecule has 1 amide bonds. The van der Waals surface area contributed by atoms with Gasteiger partial charge in [-0.1, -0.05) is 0 Å². The van der Waals surface area contributed by atoms with Crippen molar-refractivity contribution in [2.45, 2.75) is 19.9 Å². The highest BCUT2D eigenvalue weighted by molar-refractivity contribution is 6.35. The summed E-state index contributed by atoms with van der Waals surface area (Å²) in [5.74, 6) is 0.0533. The Kier molecular flexibility index (Phi) is 6.78. The van der Waals surface area contributed by atoms with Gasteiger partial charge in [0.2, 0.25) is 17.7 Å². The van der Waals surface area contributed by atoms with Crippen LogP contribution < -0.4 is 15.5 Å². The number of carbonyl (C=O) groups is 2. The first-order valence-corrected chi connectivity index (χ1v) is 11.8. The van der Waals surface area contributed by atoms with Gasteiger partial charge in [-0.05, 0) is 0 Å². The number of hydrogen-bond donors (Lipinski definition) is 1. The van der Waals surface area contributed by atoms with Crippen LogP contribution in [0.3, 0.4) is 0 Å². The summed E-state index contributed by atoms with van der Waals surface area (Å²) in [4.78, 5) is 50.9. The maximum absolute atomic E-state index is 13.8. The van der Waals surface area contributed by atoms with Gasteiger partial charge in [-0.25, -0.2) is 33.7 Å². The smallest absolute Gasteiger partial charge is 0.289 e. The number of Topliss-reactive ketones (excluding diaryl/α,β-unsaturated/α-hetero) is 1. The van der Waals surface area contributed by atoms with Gasteiger partial charge in [-0.3, -0.25) is 14.2 Å². The maximum atomic E-state index is 13.8. The fourth-order valence-electron chi connectivity index (χ4n) is 4.43. The summed E-state index contributed by atoms with van der Waals surface area (Å²) in [6, 6.07) is 0. The van der Waals surface area contributed by atoms with E-state index in [1.165, 1.54) is 28.8 Å². The van der Waals surface area contributed by atoms with E-state index in [2.05, 4.69) is 15.0 Å². The molecule has 37 heavy (non-hydrogen) atoms. The second-order valence-corrected chi connectivity index (χ2v) is 8.72. The number of ether oxygens (including phenoxy) is 1. The zero-order valence-electron chi connectivity index (χ0n) is 20.2. The van der Waals surface area contributed by atoms with E-state index in [9.17, 15) is 18.4 Å². The summed E-state index contributed by atoms with van der Waals surface area (Å²) in [5, 5.41) is 0. The Bertz CT molecular complexity index is 1300. The van der Waals surface area contributed by atoms with Crippen LogP contribution in [0.4, 0.5) is 26.5 Å². The Hall–Kier alpha value is -4.01. The van der Waals surface area contributed by atoms with Gasteiger partial charge < -0.3 is 25.2 Å². The quantitative estimate of drug-likeness (QED) is 0.448. The molecule has 2 fully saturated rings. The Morgan fingerprint density at radius 3 is 2.30 bits per heavy atom. The molecule has 2 aliphatic rings. The zero-order valence-corrected chi connectivity index (χ0v) is 20.2. The number of rotatable bonds is 6. The number of amides is 1. The van der Waals surface area contributed by atoms with Gasteiger partial charge in [-0.15, -0.1) is 0 Å². The molecular weight excluding hydrogens is 490 g/mol. The monoisotopic (exact) mass is 516 g/mol. The number of piperazine rings is 1. The van der Waals surface area contributed by atoms with Crippen LogP contribution in [0.15, 0.2) is 12.4 Å². The fourth-order valence-corrected chi connectivity index (χ4v) is 4.43. The van der Waals surface area contributed by atoms with E-state index >= 15 is 0 Å². The van der Waals surface area contributed by atoms with Gasteiger partial charge in [0.15, 0.2) is 22.8 Å². The molecule has 0 aromatic carbocycles. The van der Waals surface area contributed by atoms with Crippen molar-refractivity contribution in [1.82, 2.24) is 34.4 Å². The number of carbonyl (C=O) groups excluding carboxylic acids is 2. The SMILES string of the molecule is CC(=O)C(=O)N1CCN(c2nc3c(N4CCOCC4)nc(-c4cnc(N)nc4)nc3n2CC(F)F)CC1. The standard InChI is InChI=1S/C22H26F2N10O3/c1-13(35)20(36)32-2-4-33(5-3-32)22-28-16-18(31-6-8-37-9-7-31)29-17(14-10-26-21(25)27-11-14)30-19(16)34(22)12-15(23)24/h10-11,15H,2-9,12H2,1H3,(H2,25,26,27). The van der Waals surface area contributed by atoms with Crippen molar-refractivity contribution in [2.75, 3.05) is 68.0 Å². The van der Waals surface area contributed by atoms with Crippen LogP contribution in [0.5, 0.6) is 0 Å². The minimum absolute atomic E-state index is 0.0886. The number of nitrogens with zero attached hydrogens (tertiary/aromatic N) is 9. The predicted molar refractivity (Wildman–Crippen MR) is 129 cm³/mol. The Balaban J connectivity index is 1.60. The van der Waals surface area contributed by atoms with Crippen LogP contribution in [0.25, 0.3) is 22.6 Å². The van der Waals surface area contributed by atoms with Crippen LogP contribution in [0, 0.1) is 0 Å². The summed E-state index contributed by atoms with van der Waals surface area (Å²) >= 11 is 0. The Labute approximate surface area is 210 Å². The van der Waals surface area contributed by atoms with Gasteiger partial charge in [0.1, 0.15) is 0 Å². The molecule has 5 rings (SSSR count). The molecule has 15 heteroatoms. The first-order chi connectivity index (χ1) is 17.8. The van der Waals surface area contributed by atoms with Gasteiger partial charge in [0.25, 0.3) is 12.3 Å². The van der Waals surface area contributed by atoms with Crippen molar-refractivity contribution in [3.63, 3.8) is 0 Å². The molecule has 0 unspecified atom stereocenters. The number of alkyl halides is 2. The largest absolute Gasteiger partial charge is 0.378 e. The summed E-state index contributed by atoms with van der Waals surface area (Å²) in [6.07, 6.45) is 0.293. The van der Waals surface area contributed by atoms with Gasteiger partial charge >= 0.3 is 0 Å². The van der Waals surface area contributed by atoms with Crippen LogP contribution in [-0.4, -0.2) is 105 Å². The molecule has 0 atom stereocenters. The van der Waals surface area contributed by atoms with Crippen molar-refractivity contribution in [3.05, 3.63) is 12.4 Å². The zero-order chi connectivity index (χ0) is 26.1. The molecule has 196 valence electrons. The summed E-state index contributed by atoms with van der Waals surface area (Å²) in [6.45, 7) is 3.86. The van der Waals surface area contributed by atoms with E-state index in [4.69, 9.17) is 20.4 Å². The molecule has 13 nitrogen and oxygen atoms in total. The Morgan fingerprint density at radius 2 is 1.68 bits per heavy atom. The third kappa shape index (κ3) is 4.98. The first kappa shape index (κ1) is 24.7. The highest BCUT2D eigenvalue weighted by Crippen LogP contribution is 2.32. The molecule has 5 heterocycles. The van der Waals surface area contributed by atoms with E-state index in [0.29, 0.717) is 62.2 Å². The Morgan fingerprint density at radius 1 is 1.00 bits per heavy atom. The number of nitrogens with two attached hydrogens (primary N) is 1. The lowest BCUT2D eigenvalue weighted by Crippen LogP contribution is -2.51. The van der Waals surface area contributed by atoms with Crippen molar-refractivity contribution in [2.24, 2.45) is 0 Å². The number of nitrogen functional groups attached to an aromatic ring is 1. The third-order valence-corrected chi connectivity index (χ3v) is 6.27. The molecule has 0 bridgehead atoms. The summed E-state index contributed by atoms with van der Waals surface area (Å²) in [5.41, 5.74) is 6.74. The molecule has 3 aromatic heterocycles. The molecular formula is C22H26F2N10O3. The maximum Gasteiger partial charge on any atom is 0.289 e. The second-order valence-electron chi connectivity index (χ2n) is 8.72. The lowest BCUT2D eigenvalue weighted by Gasteiger charge is -2.35. The van der Waals surface area contributed by atoms with Crippen molar-refractivity contribution in [3.8, 4) is 11.4 Å². The van der Waals surface area contributed by atoms with Crippen molar-refractivity contribution >= 4 is 40.6 Å².